The second-order valence-corrected chi connectivity index (χ2v) is 23.9. The van der Waals surface area contributed by atoms with Crippen LogP contribution < -0.4 is 92.9 Å². The van der Waals surface area contributed by atoms with E-state index in [1.165, 1.54) is 27.7 Å². The van der Waals surface area contributed by atoms with Gasteiger partial charge in [0.05, 0.1) is 42.3 Å². The van der Waals surface area contributed by atoms with Crippen molar-refractivity contribution in [2.75, 3.05) is 51.4 Å². The summed E-state index contributed by atoms with van der Waals surface area (Å²) in [5, 5.41) is 89.4. The smallest absolute Gasteiger partial charge is 0.299 e. The number of amides is 13. The van der Waals surface area contributed by atoms with Gasteiger partial charge in [0, 0.05) is 32.1 Å². The Morgan fingerprint density at radius 3 is 1.40 bits per heavy atom. The van der Waals surface area contributed by atoms with Gasteiger partial charge in [-0.2, -0.15) is 0 Å². The van der Waals surface area contributed by atoms with Gasteiger partial charge in [-0.3, -0.25) is 92.5 Å². The number of primary amides is 2. The predicted octanol–water partition coefficient (Wildman–Crippen LogP) is -9.31. The largest absolute Gasteiger partial charge is 0.394 e. The Morgan fingerprint density at radius 2 is 0.960 bits per heavy atom. The average Bonchev–Trinajstić information content (AvgIpc) is 1.51. The number of hydrogen-bond acceptors (Lipinski definition) is 24. The molecule has 27 N–H and O–H groups in total. The first-order valence-electron chi connectivity index (χ1n) is 31.6. The van der Waals surface area contributed by atoms with Gasteiger partial charge in [-0.25, -0.2) is 0 Å². The van der Waals surface area contributed by atoms with Crippen LogP contribution in [-0.4, -0.2) is 242 Å². The summed E-state index contributed by atoms with van der Waals surface area (Å²) in [5.74, 6) is -14.9. The molecule has 43 nitrogen and oxygen atoms in total. The number of anilines is 1. The lowest BCUT2D eigenvalue weighted by Gasteiger charge is -2.30. The molecule has 13 amide bonds. The zero-order chi connectivity index (χ0) is 75.8. The molecular formula is C57H94N22O21. The number of nitrogens with two attached hydrogens (primary N) is 6. The first-order valence-corrected chi connectivity index (χ1v) is 31.6. The van der Waals surface area contributed by atoms with Crippen molar-refractivity contribution in [3.63, 3.8) is 0 Å². The maximum absolute atomic E-state index is 14.1. The van der Waals surface area contributed by atoms with E-state index in [2.05, 4.69) is 68.5 Å². The van der Waals surface area contributed by atoms with Crippen molar-refractivity contribution >= 4 is 106 Å². The Kier molecular flexibility index (Phi) is 36.0. The normalized spacial score (nSPS) is 15.8. The summed E-state index contributed by atoms with van der Waals surface area (Å²) in [7, 11) is 0. The fourth-order valence-electron chi connectivity index (χ4n) is 9.67. The van der Waals surface area contributed by atoms with Crippen LogP contribution in [-0.2, 0) is 62.3 Å². The number of benzene rings is 1. The molecule has 0 radical (unpaired) electrons. The zero-order valence-corrected chi connectivity index (χ0v) is 56.1. The highest BCUT2D eigenvalue weighted by atomic mass is 16.6. The molecule has 1 aliphatic heterocycles. The molecule has 0 aromatic heterocycles. The van der Waals surface area contributed by atoms with E-state index in [1.807, 2.05) is 0 Å². The molecule has 0 spiro atoms. The number of nitrogens with one attached hydrogen (secondary N) is 11. The number of nitrogens with zero attached hydrogens (tertiary/aromatic N) is 5. The van der Waals surface area contributed by atoms with Gasteiger partial charge in [-0.1, -0.05) is 27.7 Å². The van der Waals surface area contributed by atoms with Gasteiger partial charge in [0.1, 0.15) is 78.2 Å². The lowest BCUT2D eigenvalue weighted by Crippen LogP contribution is -2.62. The lowest BCUT2D eigenvalue weighted by atomic mass is 10.0. The molecule has 1 fully saturated rings. The van der Waals surface area contributed by atoms with E-state index in [4.69, 9.17) is 34.4 Å². The zero-order valence-electron chi connectivity index (χ0n) is 56.1. The molecule has 43 heteroatoms. The van der Waals surface area contributed by atoms with Gasteiger partial charge in [-0.15, -0.1) is 0 Å². The Hall–Kier alpha value is -10.7. The molecule has 558 valence electrons. The van der Waals surface area contributed by atoms with Gasteiger partial charge >= 0.3 is 0 Å². The first kappa shape index (κ1) is 85.4. The third kappa shape index (κ3) is 28.4. The molecule has 0 unspecified atom stereocenters. The van der Waals surface area contributed by atoms with Crippen molar-refractivity contribution in [3.8, 4) is 0 Å². The molecule has 1 heterocycles. The van der Waals surface area contributed by atoms with Crippen molar-refractivity contribution in [2.24, 2.45) is 56.2 Å². The van der Waals surface area contributed by atoms with Crippen molar-refractivity contribution < 1.29 is 92.6 Å². The summed E-state index contributed by atoms with van der Waals surface area (Å²) in [6.45, 7) is 4.51. The van der Waals surface area contributed by atoms with E-state index in [1.54, 1.807) is 13.8 Å². The highest BCUT2D eigenvalue weighted by molar-refractivity contribution is 6.00. The second-order valence-electron chi connectivity index (χ2n) is 23.9. The van der Waals surface area contributed by atoms with E-state index < -0.39 is 216 Å². The highest BCUT2D eigenvalue weighted by Gasteiger charge is 2.41. The number of carbonyl (C=O) groups is 13. The minimum absolute atomic E-state index is 0.0111. The highest BCUT2D eigenvalue weighted by Crippen LogP contribution is 2.30. The number of aliphatic imine (C=N–C) groups is 2. The number of nitro groups is 2. The molecular weight excluding hydrogens is 1330 g/mol. The minimum Gasteiger partial charge on any atom is -0.394 e. The van der Waals surface area contributed by atoms with Crippen molar-refractivity contribution in [1.29, 1.82) is 0 Å². The van der Waals surface area contributed by atoms with Crippen molar-refractivity contribution in [1.82, 2.24) is 58.1 Å². The molecule has 1 aliphatic rings. The van der Waals surface area contributed by atoms with E-state index in [-0.39, 0.29) is 88.1 Å². The lowest BCUT2D eigenvalue weighted by molar-refractivity contribution is -0.393. The van der Waals surface area contributed by atoms with Crippen LogP contribution in [0.1, 0.15) is 99.3 Å². The van der Waals surface area contributed by atoms with Crippen LogP contribution in [0.3, 0.4) is 0 Å². The van der Waals surface area contributed by atoms with Gasteiger partial charge < -0.3 is 118 Å². The molecule has 2 rings (SSSR count). The molecule has 0 bridgehead atoms. The summed E-state index contributed by atoms with van der Waals surface area (Å²) in [5.41, 5.74) is 30.5. The van der Waals surface area contributed by atoms with E-state index in [0.717, 1.165) is 17.0 Å². The number of carbonyl (C=O) groups excluding carboxylic acids is 13. The minimum atomic E-state index is -1.90. The van der Waals surface area contributed by atoms with E-state index in [9.17, 15) is 103 Å². The van der Waals surface area contributed by atoms with Crippen LogP contribution in [0.5, 0.6) is 0 Å². The fraction of sp³-hybridized carbons (Fsp3) is 0.632. The van der Waals surface area contributed by atoms with Crippen molar-refractivity contribution in [3.05, 3.63) is 38.4 Å². The number of aliphatic hydroxyl groups excluding tert-OH is 4. The number of nitro benzene ring substituents is 2. The molecule has 1 aromatic carbocycles. The third-order valence-corrected chi connectivity index (χ3v) is 15.1. The average molecular weight is 1420 g/mol. The van der Waals surface area contributed by atoms with Crippen LogP contribution in [0.15, 0.2) is 28.2 Å². The van der Waals surface area contributed by atoms with Crippen LogP contribution >= 0.6 is 0 Å². The summed E-state index contributed by atoms with van der Waals surface area (Å²) in [6, 6.07) is -16.1. The topological polar surface area (TPSA) is 706 Å². The molecule has 1 saturated heterocycles. The number of non-ortho nitro benzene ring substituents is 1. The van der Waals surface area contributed by atoms with E-state index in [0.29, 0.717) is 6.07 Å². The van der Waals surface area contributed by atoms with Crippen LogP contribution in [0.25, 0.3) is 0 Å². The first-order chi connectivity index (χ1) is 46.9. The molecule has 100 heavy (non-hydrogen) atoms. The van der Waals surface area contributed by atoms with Crippen LogP contribution in [0.4, 0.5) is 17.1 Å². The maximum atomic E-state index is 14.1. The number of likely N-dealkylation sites (tertiary alicyclic amines) is 1. The summed E-state index contributed by atoms with van der Waals surface area (Å²) >= 11 is 0. The molecule has 1 aromatic rings. The summed E-state index contributed by atoms with van der Waals surface area (Å²) < 4.78 is 0. The third-order valence-electron chi connectivity index (χ3n) is 15.1. The monoisotopic (exact) mass is 1420 g/mol. The standard InChI is InChI=1S/C57H94N22O21/c1-26(2)20-35(72-53(94)40-12-9-19-77(40)55(96)39(25-83)68-31-14-13-30(78(97)98)21-41(31)79(99)100)49(90)67-28(5)45(86)70-34(15-16-42(58)84)47(88)66-29(6)46(87)76-43(27(3)4)54(95)71-33(11-8-18-65-57(62)63)48(89)73-37(23-81)51(92)75-38(24-82)52(93)74-36(22-80)50(91)69-32(44(59)85)10-7-17-64-56(60)61/h13-14,21,26-29,32-40,43,68,80-83H,7-12,15-20,22-25H2,1-6H3,(H2,58,84)(H2,59,85)(H,66,88)(H,67,90)(H,69,91)(H,70,86)(H,71,95)(H,72,94)(H,73,89)(H,74,93)(H,75,92)(H,76,87)(H4,60,61,64)(H4,62,63,65)/t28-,29-,32-,33-,34-,35-,36-,37-,38-,39-,40-,43-/m0/s1. The summed E-state index contributed by atoms with van der Waals surface area (Å²) in [4.78, 5) is 205. The van der Waals surface area contributed by atoms with Crippen molar-refractivity contribution in [2.45, 2.75) is 172 Å². The quantitative estimate of drug-likeness (QED) is 0.00948. The number of guanidine groups is 2. The van der Waals surface area contributed by atoms with Gasteiger partial charge in [0.2, 0.25) is 76.8 Å². The Balaban J connectivity index is 2.24. The fourth-order valence-corrected chi connectivity index (χ4v) is 9.67. The predicted molar refractivity (Wildman–Crippen MR) is 353 cm³/mol. The van der Waals surface area contributed by atoms with E-state index >= 15 is 0 Å². The SMILES string of the molecule is CC(C)C[C@H](NC(=O)[C@@H]1CCCN1C(=O)[C@H](CO)Nc1ccc([N+](=O)[O-])cc1[N+](=O)[O-])C(=O)N[C@@H](C)C(=O)N[C@@H](CCC(N)=O)C(=O)N[C@@H](C)C(=O)N[C@H](C(=O)N[C@@H](CCCN=C(N)N)C(=O)N[C@@H](CO)C(=O)N[C@@H](CO)C(=O)N[C@@H](CO)C(=O)N[C@@H](CCCN=C(N)N)C(N)=O)C(C)C. The molecule has 0 saturated carbocycles. The number of rotatable bonds is 44. The Labute approximate surface area is 572 Å². The molecule has 0 aliphatic carbocycles. The summed E-state index contributed by atoms with van der Waals surface area (Å²) in [6.07, 6.45) is -0.756. The number of aliphatic hydroxyl groups is 4. The maximum Gasteiger partial charge on any atom is 0.299 e. The Morgan fingerprint density at radius 1 is 0.530 bits per heavy atom. The second kappa shape index (κ2) is 42.2. The van der Waals surface area contributed by atoms with Gasteiger partial charge in [0.25, 0.3) is 11.4 Å². The number of hydrogen-bond donors (Lipinski definition) is 21. The molecule has 12 atom stereocenters. The Bertz CT molecular complexity index is 3150. The van der Waals surface area contributed by atoms with Gasteiger partial charge in [0.15, 0.2) is 11.9 Å². The van der Waals surface area contributed by atoms with Crippen LogP contribution in [0, 0.1) is 32.1 Å². The van der Waals surface area contributed by atoms with Crippen LogP contribution in [0.2, 0.25) is 0 Å². The van der Waals surface area contributed by atoms with Gasteiger partial charge in [-0.05, 0) is 83.1 Å².